The maximum atomic E-state index is 11.1. The van der Waals surface area contributed by atoms with Crippen molar-refractivity contribution in [2.24, 2.45) is 5.73 Å². The van der Waals surface area contributed by atoms with E-state index in [4.69, 9.17) is 15.2 Å². The molecule has 2 N–H and O–H groups in total. The van der Waals surface area contributed by atoms with Crippen molar-refractivity contribution in [2.75, 3.05) is 13.2 Å². The lowest BCUT2D eigenvalue weighted by Gasteiger charge is -2.07. The lowest BCUT2D eigenvalue weighted by Crippen LogP contribution is -2.07. The van der Waals surface area contributed by atoms with E-state index in [1.807, 2.05) is 24.3 Å². The molecule has 1 aromatic rings. The summed E-state index contributed by atoms with van der Waals surface area (Å²) in [5, 5.41) is 0. The van der Waals surface area contributed by atoms with Gasteiger partial charge in [-0.3, -0.25) is 4.79 Å². The molecule has 0 radical (unpaired) electrons. The van der Waals surface area contributed by atoms with Crippen molar-refractivity contribution >= 4 is 5.97 Å². The maximum Gasteiger partial charge on any atom is 0.305 e. The Morgan fingerprint density at radius 1 is 1.41 bits per heavy atom. The molecule has 0 aliphatic carbocycles. The molecule has 1 rings (SSSR count). The van der Waals surface area contributed by atoms with Crippen LogP contribution in [0, 0.1) is 0 Å². The third-order valence-corrected chi connectivity index (χ3v) is 2.23. The van der Waals surface area contributed by atoms with E-state index >= 15 is 0 Å². The molecule has 0 fully saturated rings. The first kappa shape index (κ1) is 13.5. The number of hydrogen-bond acceptors (Lipinski definition) is 4. The summed E-state index contributed by atoms with van der Waals surface area (Å²) in [6.07, 6.45) is 1.05. The van der Waals surface area contributed by atoms with Gasteiger partial charge in [0.25, 0.3) is 0 Å². The Kier molecular flexibility index (Phi) is 6.10. The monoisotopic (exact) mass is 237 g/mol. The van der Waals surface area contributed by atoms with E-state index in [-0.39, 0.29) is 5.97 Å². The van der Waals surface area contributed by atoms with Crippen molar-refractivity contribution in [3.05, 3.63) is 29.8 Å². The number of carbonyl (C=O) groups is 1. The SMILES string of the molecule is CCOC(=O)CCCOc1cccc(CN)c1. The predicted molar refractivity (Wildman–Crippen MR) is 65.7 cm³/mol. The second-order valence-corrected chi connectivity index (χ2v) is 3.61. The van der Waals surface area contributed by atoms with Crippen molar-refractivity contribution in [3.8, 4) is 5.75 Å². The van der Waals surface area contributed by atoms with Crippen LogP contribution in [0.2, 0.25) is 0 Å². The Balaban J connectivity index is 2.24. The van der Waals surface area contributed by atoms with Crippen LogP contribution < -0.4 is 10.5 Å². The number of rotatable bonds is 7. The topological polar surface area (TPSA) is 61.5 Å². The van der Waals surface area contributed by atoms with Crippen molar-refractivity contribution < 1.29 is 14.3 Å². The Bertz CT molecular complexity index is 352. The normalized spacial score (nSPS) is 10.0. The number of nitrogens with two attached hydrogens (primary N) is 1. The predicted octanol–water partition coefficient (Wildman–Crippen LogP) is 1.87. The first-order valence-corrected chi connectivity index (χ1v) is 5.83. The molecule has 0 heterocycles. The van der Waals surface area contributed by atoms with Crippen LogP contribution in [0.5, 0.6) is 5.75 Å². The molecule has 0 spiro atoms. The minimum Gasteiger partial charge on any atom is -0.494 e. The van der Waals surface area contributed by atoms with Crippen LogP contribution >= 0.6 is 0 Å². The Morgan fingerprint density at radius 2 is 2.24 bits per heavy atom. The number of ether oxygens (including phenoxy) is 2. The van der Waals surface area contributed by atoms with Crippen LogP contribution in [0.1, 0.15) is 25.3 Å². The van der Waals surface area contributed by atoms with Gasteiger partial charge in [0, 0.05) is 13.0 Å². The molecule has 0 aliphatic rings. The summed E-state index contributed by atoms with van der Waals surface area (Å²) >= 11 is 0. The van der Waals surface area contributed by atoms with Crippen LogP contribution in [0.4, 0.5) is 0 Å². The van der Waals surface area contributed by atoms with Gasteiger partial charge in [-0.2, -0.15) is 0 Å². The number of hydrogen-bond donors (Lipinski definition) is 1. The van der Waals surface area contributed by atoms with E-state index in [2.05, 4.69) is 0 Å². The van der Waals surface area contributed by atoms with Gasteiger partial charge in [0.1, 0.15) is 5.75 Å². The van der Waals surface area contributed by atoms with Crippen LogP contribution in [0.25, 0.3) is 0 Å². The lowest BCUT2D eigenvalue weighted by molar-refractivity contribution is -0.143. The van der Waals surface area contributed by atoms with Crippen molar-refractivity contribution in [2.45, 2.75) is 26.3 Å². The van der Waals surface area contributed by atoms with Gasteiger partial charge in [-0.25, -0.2) is 0 Å². The molecule has 0 saturated heterocycles. The van der Waals surface area contributed by atoms with Gasteiger partial charge in [-0.15, -0.1) is 0 Å². The highest BCUT2D eigenvalue weighted by molar-refractivity contribution is 5.69. The average molecular weight is 237 g/mol. The molecule has 0 aromatic heterocycles. The maximum absolute atomic E-state index is 11.1. The quantitative estimate of drug-likeness (QED) is 0.581. The standard InChI is InChI=1S/C13H19NO3/c1-2-16-13(15)7-4-8-17-12-6-3-5-11(9-12)10-14/h3,5-6,9H,2,4,7-8,10,14H2,1H3. The van der Waals surface area contributed by atoms with Gasteiger partial charge in [0.2, 0.25) is 0 Å². The molecular weight excluding hydrogens is 218 g/mol. The summed E-state index contributed by atoms with van der Waals surface area (Å²) in [5.41, 5.74) is 6.56. The Hall–Kier alpha value is -1.55. The smallest absolute Gasteiger partial charge is 0.305 e. The number of carbonyl (C=O) groups excluding carboxylic acids is 1. The van der Waals surface area contributed by atoms with Gasteiger partial charge in [0.05, 0.1) is 13.2 Å². The summed E-state index contributed by atoms with van der Waals surface area (Å²) in [5.74, 6) is 0.614. The number of benzene rings is 1. The van der Waals surface area contributed by atoms with Crippen LogP contribution in [0.15, 0.2) is 24.3 Å². The minimum absolute atomic E-state index is 0.174. The van der Waals surface area contributed by atoms with E-state index in [1.54, 1.807) is 6.92 Å². The molecule has 1 aromatic carbocycles. The molecule has 0 bridgehead atoms. The highest BCUT2D eigenvalue weighted by Crippen LogP contribution is 2.13. The minimum atomic E-state index is -0.174. The molecule has 0 saturated carbocycles. The van der Waals surface area contributed by atoms with Crippen molar-refractivity contribution in [3.63, 3.8) is 0 Å². The molecule has 0 aliphatic heterocycles. The molecule has 0 atom stereocenters. The van der Waals surface area contributed by atoms with Gasteiger partial charge in [0.15, 0.2) is 0 Å². The van der Waals surface area contributed by atoms with Gasteiger partial charge in [-0.05, 0) is 31.0 Å². The third kappa shape index (κ3) is 5.36. The Morgan fingerprint density at radius 3 is 2.94 bits per heavy atom. The van der Waals surface area contributed by atoms with Crippen molar-refractivity contribution in [1.82, 2.24) is 0 Å². The van der Waals surface area contributed by atoms with E-state index in [9.17, 15) is 4.79 Å². The first-order chi connectivity index (χ1) is 8.26. The molecule has 4 heteroatoms. The molecule has 94 valence electrons. The number of esters is 1. The molecule has 17 heavy (non-hydrogen) atoms. The summed E-state index contributed by atoms with van der Waals surface area (Å²) in [6.45, 7) is 3.23. The second kappa shape index (κ2) is 7.68. The molecular formula is C13H19NO3. The first-order valence-electron chi connectivity index (χ1n) is 5.83. The fourth-order valence-corrected chi connectivity index (χ4v) is 1.40. The second-order valence-electron chi connectivity index (χ2n) is 3.61. The van der Waals surface area contributed by atoms with Gasteiger partial charge in [-0.1, -0.05) is 12.1 Å². The highest BCUT2D eigenvalue weighted by Gasteiger charge is 2.01. The zero-order valence-corrected chi connectivity index (χ0v) is 10.1. The van der Waals surface area contributed by atoms with Gasteiger partial charge < -0.3 is 15.2 Å². The zero-order valence-electron chi connectivity index (χ0n) is 10.1. The summed E-state index contributed by atoms with van der Waals surface area (Å²) in [6, 6.07) is 7.64. The van der Waals surface area contributed by atoms with E-state index in [1.165, 1.54) is 0 Å². The summed E-state index contributed by atoms with van der Waals surface area (Å²) in [7, 11) is 0. The van der Waals surface area contributed by atoms with Crippen LogP contribution in [0.3, 0.4) is 0 Å². The van der Waals surface area contributed by atoms with Gasteiger partial charge >= 0.3 is 5.97 Å². The fraction of sp³-hybridized carbons (Fsp3) is 0.462. The molecule has 0 unspecified atom stereocenters. The van der Waals surface area contributed by atoms with E-state index < -0.39 is 0 Å². The zero-order chi connectivity index (χ0) is 12.5. The fourth-order valence-electron chi connectivity index (χ4n) is 1.40. The highest BCUT2D eigenvalue weighted by atomic mass is 16.5. The van der Waals surface area contributed by atoms with E-state index in [0.29, 0.717) is 32.6 Å². The molecule has 4 nitrogen and oxygen atoms in total. The summed E-state index contributed by atoms with van der Waals surface area (Å²) < 4.78 is 10.3. The van der Waals surface area contributed by atoms with Crippen LogP contribution in [-0.4, -0.2) is 19.2 Å². The average Bonchev–Trinajstić information content (AvgIpc) is 2.35. The Labute approximate surface area is 102 Å². The lowest BCUT2D eigenvalue weighted by atomic mass is 10.2. The van der Waals surface area contributed by atoms with E-state index in [0.717, 1.165) is 11.3 Å². The van der Waals surface area contributed by atoms with Crippen LogP contribution in [-0.2, 0) is 16.1 Å². The third-order valence-electron chi connectivity index (χ3n) is 2.23. The largest absolute Gasteiger partial charge is 0.494 e. The summed E-state index contributed by atoms with van der Waals surface area (Å²) in [4.78, 5) is 11.1. The van der Waals surface area contributed by atoms with Crippen molar-refractivity contribution in [1.29, 1.82) is 0 Å². The molecule has 0 amide bonds.